The first-order chi connectivity index (χ1) is 7.07. The monoisotopic (exact) mass is 215 g/mol. The van der Waals surface area contributed by atoms with E-state index >= 15 is 0 Å². The van der Waals surface area contributed by atoms with Crippen molar-refractivity contribution in [2.24, 2.45) is 11.8 Å². The second-order valence-electron chi connectivity index (χ2n) is 4.69. The van der Waals surface area contributed by atoms with Gasteiger partial charge in [-0.1, -0.05) is 54.4 Å². The Morgan fingerprint density at radius 3 is 1.80 bits per heavy atom. The minimum Gasteiger partial charge on any atom is -0.314 e. The van der Waals surface area contributed by atoms with Crippen molar-refractivity contribution in [3.8, 4) is 0 Å². The molecule has 0 saturated carbocycles. The maximum atomic E-state index is 3.37. The van der Waals surface area contributed by atoms with E-state index in [-0.39, 0.29) is 0 Å². The molecule has 1 heteroatoms. The molecule has 1 fully saturated rings. The number of rotatable bonds is 2. The lowest BCUT2D eigenvalue weighted by atomic mass is 10.1. The summed E-state index contributed by atoms with van der Waals surface area (Å²) in [6, 6.07) is 0.764. The van der Waals surface area contributed by atoms with Crippen LogP contribution in [0.4, 0.5) is 0 Å². The van der Waals surface area contributed by atoms with Crippen LogP contribution in [0.2, 0.25) is 0 Å². The van der Waals surface area contributed by atoms with Gasteiger partial charge in [0.1, 0.15) is 0 Å². The molecule has 0 aliphatic carbocycles. The molecule has 1 saturated heterocycles. The molecule has 1 aliphatic rings. The zero-order chi connectivity index (χ0) is 12.3. The first-order valence-corrected chi connectivity index (χ1v) is 6.81. The normalized spacial score (nSPS) is 24.0. The number of hydrogen-bond donors (Lipinski definition) is 1. The summed E-state index contributed by atoms with van der Waals surface area (Å²) in [6.45, 7) is 16.5. The highest BCUT2D eigenvalue weighted by molar-refractivity contribution is 4.75. The van der Waals surface area contributed by atoms with Gasteiger partial charge in [0, 0.05) is 6.04 Å². The van der Waals surface area contributed by atoms with Gasteiger partial charge >= 0.3 is 0 Å². The standard InChI is InChI=1S/C6H13N.C6H14.C2H6/c1-5-3-4-7-6(5)2;1-4-5-6(2)3;1-2/h5-7H,3-4H2,1-2H3;6H,4-5H2,1-3H3;1-2H3. The minimum absolute atomic E-state index is 0.764. The fourth-order valence-electron chi connectivity index (χ4n) is 1.57. The Morgan fingerprint density at radius 1 is 1.20 bits per heavy atom. The van der Waals surface area contributed by atoms with E-state index in [9.17, 15) is 0 Å². The van der Waals surface area contributed by atoms with Crippen LogP contribution in [0.5, 0.6) is 0 Å². The van der Waals surface area contributed by atoms with Crippen molar-refractivity contribution in [3.05, 3.63) is 0 Å². The zero-order valence-corrected chi connectivity index (χ0v) is 12.1. The highest BCUT2D eigenvalue weighted by Crippen LogP contribution is 2.12. The molecule has 1 N–H and O–H groups in total. The second kappa shape index (κ2) is 12.0. The van der Waals surface area contributed by atoms with E-state index in [4.69, 9.17) is 0 Å². The average Bonchev–Trinajstić information content (AvgIpc) is 2.55. The molecule has 2 unspecified atom stereocenters. The Hall–Kier alpha value is -0.0400. The topological polar surface area (TPSA) is 12.0 Å². The van der Waals surface area contributed by atoms with Gasteiger partial charge in [-0.15, -0.1) is 0 Å². The highest BCUT2D eigenvalue weighted by atomic mass is 14.9. The summed E-state index contributed by atoms with van der Waals surface area (Å²) in [7, 11) is 0. The molecule has 0 aromatic heterocycles. The Bertz CT molecular complexity index is 102. The smallest absolute Gasteiger partial charge is 0.00648 e. The fourth-order valence-corrected chi connectivity index (χ4v) is 1.57. The molecule has 1 aliphatic heterocycles. The Kier molecular flexibility index (Phi) is 13.9. The summed E-state index contributed by atoms with van der Waals surface area (Å²) in [6.07, 6.45) is 4.07. The lowest BCUT2D eigenvalue weighted by Crippen LogP contribution is -2.20. The summed E-state index contributed by atoms with van der Waals surface area (Å²) >= 11 is 0. The van der Waals surface area contributed by atoms with Crippen molar-refractivity contribution < 1.29 is 0 Å². The molecule has 0 aromatic rings. The van der Waals surface area contributed by atoms with Crippen LogP contribution in [0, 0.1) is 11.8 Å². The van der Waals surface area contributed by atoms with Gasteiger partial charge in [0.25, 0.3) is 0 Å². The van der Waals surface area contributed by atoms with E-state index in [1.165, 1.54) is 25.8 Å². The third kappa shape index (κ3) is 11.9. The predicted octanol–water partition coefficient (Wildman–Crippen LogP) is 4.47. The van der Waals surface area contributed by atoms with E-state index < -0.39 is 0 Å². The summed E-state index contributed by atoms with van der Waals surface area (Å²) in [5.74, 6) is 1.80. The molecule has 0 amide bonds. The van der Waals surface area contributed by atoms with Crippen LogP contribution >= 0.6 is 0 Å². The molecule has 94 valence electrons. The third-order valence-corrected chi connectivity index (χ3v) is 2.79. The van der Waals surface area contributed by atoms with Crippen molar-refractivity contribution in [1.82, 2.24) is 5.32 Å². The SMILES string of the molecule is CC.CC1CCNC1C.CCCC(C)C. The van der Waals surface area contributed by atoms with Gasteiger partial charge in [-0.2, -0.15) is 0 Å². The molecule has 1 rings (SSSR count). The maximum Gasteiger partial charge on any atom is 0.00648 e. The van der Waals surface area contributed by atoms with Crippen LogP contribution < -0.4 is 5.32 Å². The van der Waals surface area contributed by atoms with Gasteiger partial charge in [0.2, 0.25) is 0 Å². The van der Waals surface area contributed by atoms with Gasteiger partial charge in [-0.05, 0) is 31.7 Å². The number of hydrogen-bond acceptors (Lipinski definition) is 1. The molecular weight excluding hydrogens is 182 g/mol. The lowest BCUT2D eigenvalue weighted by Gasteiger charge is -2.05. The first-order valence-electron chi connectivity index (χ1n) is 6.81. The van der Waals surface area contributed by atoms with Crippen molar-refractivity contribution in [3.63, 3.8) is 0 Å². The van der Waals surface area contributed by atoms with Crippen LogP contribution in [0.15, 0.2) is 0 Å². The van der Waals surface area contributed by atoms with Crippen molar-refractivity contribution in [2.45, 2.75) is 73.8 Å². The second-order valence-corrected chi connectivity index (χ2v) is 4.69. The van der Waals surface area contributed by atoms with Crippen LogP contribution in [-0.2, 0) is 0 Å². The zero-order valence-electron chi connectivity index (χ0n) is 12.1. The molecule has 1 nitrogen and oxygen atoms in total. The molecule has 0 bridgehead atoms. The first kappa shape index (κ1) is 17.4. The van der Waals surface area contributed by atoms with Crippen molar-refractivity contribution >= 4 is 0 Å². The van der Waals surface area contributed by atoms with E-state index in [1.54, 1.807) is 0 Å². The van der Waals surface area contributed by atoms with Crippen LogP contribution in [0.1, 0.15) is 67.7 Å². The largest absolute Gasteiger partial charge is 0.314 e. The van der Waals surface area contributed by atoms with Gasteiger partial charge in [0.05, 0.1) is 0 Å². The van der Waals surface area contributed by atoms with E-state index in [0.717, 1.165) is 17.9 Å². The van der Waals surface area contributed by atoms with Gasteiger partial charge < -0.3 is 5.32 Å². The maximum absolute atomic E-state index is 3.37. The molecule has 15 heavy (non-hydrogen) atoms. The third-order valence-electron chi connectivity index (χ3n) is 2.79. The number of nitrogens with one attached hydrogen (secondary N) is 1. The van der Waals surface area contributed by atoms with E-state index in [2.05, 4.69) is 39.9 Å². The average molecular weight is 215 g/mol. The summed E-state index contributed by atoms with van der Waals surface area (Å²) in [5, 5.41) is 3.37. The van der Waals surface area contributed by atoms with Gasteiger partial charge in [-0.3, -0.25) is 0 Å². The molecule has 1 heterocycles. The quantitative estimate of drug-likeness (QED) is 0.716. The Morgan fingerprint density at radius 2 is 1.73 bits per heavy atom. The van der Waals surface area contributed by atoms with Crippen LogP contribution in [0.25, 0.3) is 0 Å². The summed E-state index contributed by atoms with van der Waals surface area (Å²) in [5.41, 5.74) is 0. The van der Waals surface area contributed by atoms with E-state index in [0.29, 0.717) is 0 Å². The highest BCUT2D eigenvalue weighted by Gasteiger charge is 2.16. The Labute approximate surface area is 98.0 Å². The van der Waals surface area contributed by atoms with Gasteiger partial charge in [0.15, 0.2) is 0 Å². The summed E-state index contributed by atoms with van der Waals surface area (Å²) < 4.78 is 0. The van der Waals surface area contributed by atoms with Crippen LogP contribution in [0.3, 0.4) is 0 Å². The molecule has 0 spiro atoms. The van der Waals surface area contributed by atoms with Gasteiger partial charge in [-0.25, -0.2) is 0 Å². The predicted molar refractivity (Wildman–Crippen MR) is 72.3 cm³/mol. The lowest BCUT2D eigenvalue weighted by molar-refractivity contribution is 0.519. The van der Waals surface area contributed by atoms with E-state index in [1.807, 2.05) is 13.8 Å². The minimum atomic E-state index is 0.764. The Balaban J connectivity index is 0. The van der Waals surface area contributed by atoms with Crippen LogP contribution in [-0.4, -0.2) is 12.6 Å². The van der Waals surface area contributed by atoms with Crippen molar-refractivity contribution in [2.75, 3.05) is 6.54 Å². The fraction of sp³-hybridized carbons (Fsp3) is 1.00. The molecular formula is C14H33N. The molecule has 0 aromatic carbocycles. The summed E-state index contributed by atoms with van der Waals surface area (Å²) in [4.78, 5) is 0. The van der Waals surface area contributed by atoms with Crippen molar-refractivity contribution in [1.29, 1.82) is 0 Å². The molecule has 2 atom stereocenters. The molecule has 0 radical (unpaired) electrons.